The molecule has 170 valence electrons. The summed E-state index contributed by atoms with van der Waals surface area (Å²) in [7, 11) is 1.61. The second kappa shape index (κ2) is 9.96. The number of Topliss-reactive ketones (excluding diaryl/α,β-unsaturated/α-hetero) is 1. The normalized spacial score (nSPS) is 11.7. The Bertz CT molecular complexity index is 1520. The number of methoxy groups -OCH3 is 1. The Hall–Kier alpha value is -4.21. The van der Waals surface area contributed by atoms with Crippen molar-refractivity contribution < 1.29 is 9.53 Å². The molecule has 0 atom stereocenters. The van der Waals surface area contributed by atoms with Crippen LogP contribution in [0.3, 0.4) is 0 Å². The van der Waals surface area contributed by atoms with Crippen LogP contribution in [0.1, 0.15) is 27.2 Å². The van der Waals surface area contributed by atoms with Crippen molar-refractivity contribution in [2.24, 2.45) is 0 Å². The summed E-state index contributed by atoms with van der Waals surface area (Å²) < 4.78 is 5.29. The Morgan fingerprint density at radius 3 is 2.03 bits per heavy atom. The summed E-state index contributed by atoms with van der Waals surface area (Å²) >= 11 is 6.20. The molecule has 35 heavy (non-hydrogen) atoms. The van der Waals surface area contributed by atoms with Crippen LogP contribution in [-0.4, -0.2) is 17.9 Å². The topological polar surface area (TPSA) is 39.2 Å². The van der Waals surface area contributed by atoms with Crippen molar-refractivity contribution in [2.45, 2.75) is 0 Å². The molecule has 5 aromatic rings. The quantitative estimate of drug-likeness (QED) is 0.186. The lowest BCUT2D eigenvalue weighted by molar-refractivity contribution is 0.105. The smallest absolute Gasteiger partial charge is 0.195 e. The molecule has 0 saturated carbocycles. The fourth-order valence-electron chi connectivity index (χ4n) is 4.13. The van der Waals surface area contributed by atoms with Crippen LogP contribution in [0.2, 0.25) is 5.02 Å². The molecule has 0 unspecified atom stereocenters. The Kier molecular flexibility index (Phi) is 6.42. The van der Waals surface area contributed by atoms with Crippen LogP contribution in [0.25, 0.3) is 22.0 Å². The summed E-state index contributed by atoms with van der Waals surface area (Å²) in [6.45, 7) is 0. The number of carbonyl (C=O) groups excluding carboxylic acids is 1. The largest absolute Gasteiger partial charge is 0.497 e. The number of fused-ring (bicyclic) bond motifs is 1. The number of ether oxygens (including phenoxy) is 1. The highest BCUT2D eigenvalue weighted by molar-refractivity contribution is 6.35. The van der Waals surface area contributed by atoms with E-state index in [4.69, 9.17) is 21.3 Å². The molecule has 3 nitrogen and oxygen atoms in total. The van der Waals surface area contributed by atoms with E-state index in [1.54, 1.807) is 31.4 Å². The number of pyridine rings is 1. The highest BCUT2D eigenvalue weighted by Crippen LogP contribution is 2.35. The fraction of sp³-hybridized carbons (Fsp3) is 0.0323. The average molecular weight is 476 g/mol. The minimum absolute atomic E-state index is 0.121. The van der Waals surface area contributed by atoms with E-state index >= 15 is 0 Å². The molecule has 0 aliphatic carbocycles. The van der Waals surface area contributed by atoms with Crippen molar-refractivity contribution >= 4 is 39.4 Å². The van der Waals surface area contributed by atoms with E-state index in [1.165, 1.54) is 0 Å². The standard InChI is InChI=1S/C31H22ClNO2/c1-35-26-18-13-24(14-19-26)31(34)30(28-20-15-21-7-5-6-10-27(21)33-28)29(22-8-3-2-4-9-22)23-11-16-25(32)17-12-23/h2-20H,1H3/b30-29+. The van der Waals surface area contributed by atoms with Crippen LogP contribution in [0.15, 0.2) is 115 Å². The Labute approximate surface area is 209 Å². The van der Waals surface area contributed by atoms with Gasteiger partial charge < -0.3 is 4.74 Å². The van der Waals surface area contributed by atoms with Gasteiger partial charge in [-0.25, -0.2) is 4.98 Å². The first-order valence-electron chi connectivity index (χ1n) is 11.2. The molecule has 0 saturated heterocycles. The maximum absolute atomic E-state index is 14.2. The van der Waals surface area contributed by atoms with Crippen molar-refractivity contribution in [3.05, 3.63) is 143 Å². The predicted molar refractivity (Wildman–Crippen MR) is 143 cm³/mol. The maximum Gasteiger partial charge on any atom is 0.195 e. The molecule has 5 rings (SSSR count). The van der Waals surface area contributed by atoms with E-state index in [0.717, 1.165) is 27.6 Å². The van der Waals surface area contributed by atoms with Crippen molar-refractivity contribution in [1.29, 1.82) is 0 Å². The monoisotopic (exact) mass is 475 g/mol. The number of nitrogens with zero attached hydrogens (tertiary/aromatic N) is 1. The van der Waals surface area contributed by atoms with Crippen LogP contribution < -0.4 is 4.74 Å². The second-order valence-corrected chi connectivity index (χ2v) is 8.51. The number of rotatable bonds is 6. The molecule has 4 aromatic carbocycles. The van der Waals surface area contributed by atoms with Gasteiger partial charge in [0.1, 0.15) is 5.75 Å². The van der Waals surface area contributed by atoms with Gasteiger partial charge in [-0.1, -0.05) is 78.3 Å². The number of aromatic nitrogens is 1. The summed E-state index contributed by atoms with van der Waals surface area (Å²) in [6.07, 6.45) is 0. The SMILES string of the molecule is COc1ccc(C(=O)/C(=C(\c2ccccc2)c2ccc(Cl)cc2)c2ccc3ccccc3n2)cc1. The number of benzene rings is 4. The lowest BCUT2D eigenvalue weighted by atomic mass is 9.87. The highest BCUT2D eigenvalue weighted by atomic mass is 35.5. The second-order valence-electron chi connectivity index (χ2n) is 8.07. The Balaban J connectivity index is 1.82. The molecule has 0 bridgehead atoms. The molecule has 0 fully saturated rings. The van der Waals surface area contributed by atoms with Gasteiger partial charge in [0.25, 0.3) is 0 Å². The summed E-state index contributed by atoms with van der Waals surface area (Å²) in [4.78, 5) is 19.1. The molecule has 0 amide bonds. The van der Waals surface area contributed by atoms with E-state index in [9.17, 15) is 4.79 Å². The zero-order chi connectivity index (χ0) is 24.2. The van der Waals surface area contributed by atoms with Gasteiger partial charge in [0.05, 0.1) is 23.9 Å². The van der Waals surface area contributed by atoms with E-state index in [2.05, 4.69) is 0 Å². The molecule has 0 N–H and O–H groups in total. The van der Waals surface area contributed by atoms with E-state index in [1.807, 2.05) is 91.0 Å². The van der Waals surface area contributed by atoms with Crippen LogP contribution in [0, 0.1) is 0 Å². The van der Waals surface area contributed by atoms with Gasteiger partial charge in [0.2, 0.25) is 0 Å². The van der Waals surface area contributed by atoms with Gasteiger partial charge >= 0.3 is 0 Å². The lowest BCUT2D eigenvalue weighted by Crippen LogP contribution is -2.08. The van der Waals surface area contributed by atoms with Gasteiger partial charge in [0.15, 0.2) is 5.78 Å². The van der Waals surface area contributed by atoms with Gasteiger partial charge in [0, 0.05) is 21.5 Å². The molecule has 1 heterocycles. The minimum Gasteiger partial charge on any atom is -0.497 e. The molecule has 0 aliphatic rings. The minimum atomic E-state index is -0.121. The molecule has 4 heteroatoms. The van der Waals surface area contributed by atoms with Crippen molar-refractivity contribution in [3.8, 4) is 5.75 Å². The molecular weight excluding hydrogens is 454 g/mol. The molecule has 1 aromatic heterocycles. The number of allylic oxidation sites excluding steroid dienone is 1. The predicted octanol–water partition coefficient (Wildman–Crippen LogP) is 7.74. The molecular formula is C31H22ClNO2. The first-order valence-corrected chi connectivity index (χ1v) is 11.6. The lowest BCUT2D eigenvalue weighted by Gasteiger charge is -2.17. The highest BCUT2D eigenvalue weighted by Gasteiger charge is 2.23. The summed E-state index contributed by atoms with van der Waals surface area (Å²) in [5.74, 6) is 0.570. The zero-order valence-corrected chi connectivity index (χ0v) is 19.9. The Morgan fingerprint density at radius 2 is 1.31 bits per heavy atom. The van der Waals surface area contributed by atoms with E-state index in [0.29, 0.717) is 27.6 Å². The van der Waals surface area contributed by atoms with E-state index < -0.39 is 0 Å². The molecule has 0 spiro atoms. The van der Waals surface area contributed by atoms with Crippen LogP contribution in [0.4, 0.5) is 0 Å². The van der Waals surface area contributed by atoms with Crippen LogP contribution >= 0.6 is 11.6 Å². The Morgan fingerprint density at radius 1 is 0.686 bits per heavy atom. The van der Waals surface area contributed by atoms with E-state index in [-0.39, 0.29) is 5.78 Å². The maximum atomic E-state index is 14.2. The third kappa shape index (κ3) is 4.72. The summed E-state index contributed by atoms with van der Waals surface area (Å²) in [5, 5.41) is 1.65. The number of hydrogen-bond donors (Lipinski definition) is 0. The summed E-state index contributed by atoms with van der Waals surface area (Å²) in [6, 6.07) is 36.4. The van der Waals surface area contributed by atoms with Gasteiger partial charge in [-0.2, -0.15) is 0 Å². The molecule has 0 aliphatic heterocycles. The van der Waals surface area contributed by atoms with Crippen LogP contribution in [-0.2, 0) is 0 Å². The van der Waals surface area contributed by atoms with Crippen molar-refractivity contribution in [2.75, 3.05) is 7.11 Å². The number of hydrogen-bond acceptors (Lipinski definition) is 3. The number of ketones is 1. The third-order valence-electron chi connectivity index (χ3n) is 5.88. The van der Waals surface area contributed by atoms with Gasteiger partial charge in [-0.15, -0.1) is 0 Å². The van der Waals surface area contributed by atoms with Crippen molar-refractivity contribution in [3.63, 3.8) is 0 Å². The average Bonchev–Trinajstić information content (AvgIpc) is 2.92. The third-order valence-corrected chi connectivity index (χ3v) is 6.13. The van der Waals surface area contributed by atoms with Crippen molar-refractivity contribution in [1.82, 2.24) is 4.98 Å². The first kappa shape index (κ1) is 22.6. The molecule has 0 radical (unpaired) electrons. The fourth-order valence-corrected chi connectivity index (χ4v) is 4.25. The van der Waals surface area contributed by atoms with Crippen LogP contribution in [0.5, 0.6) is 5.75 Å². The van der Waals surface area contributed by atoms with Gasteiger partial charge in [-0.05, 0) is 59.7 Å². The first-order chi connectivity index (χ1) is 17.1. The number of para-hydroxylation sites is 1. The zero-order valence-electron chi connectivity index (χ0n) is 19.1. The summed E-state index contributed by atoms with van der Waals surface area (Å²) in [5.41, 5.74) is 5.11. The number of halogens is 1. The number of carbonyl (C=O) groups is 1. The van der Waals surface area contributed by atoms with Gasteiger partial charge in [-0.3, -0.25) is 4.79 Å².